The van der Waals surface area contributed by atoms with Gasteiger partial charge in [-0.2, -0.15) is 0 Å². The highest BCUT2D eigenvalue weighted by Gasteiger charge is 2.32. The standard InChI is InChI=1S/C19H23FN6O4S/c20-16-11-14(25-13-15(12-21)30-19(25)27)4-5-17(16)24-8-7-23-26(10-9-24)31(28,29)18-3-1-2-6-22-18/h1-6,11,15,23H,7-10,12-13,21H2/t15-/m0/s1. The molecule has 2 aromatic rings. The van der Waals surface area contributed by atoms with Gasteiger partial charge in [0.05, 0.1) is 17.9 Å². The lowest BCUT2D eigenvalue weighted by molar-refractivity contribution is 0.145. The second-order valence-electron chi connectivity index (χ2n) is 7.13. The Kier molecular flexibility index (Phi) is 6.05. The number of sulfonamides is 1. The third-order valence-corrected chi connectivity index (χ3v) is 6.82. The number of halogens is 1. The number of benzene rings is 1. The highest BCUT2D eigenvalue weighted by Crippen LogP contribution is 2.28. The molecule has 1 atom stereocenters. The zero-order valence-electron chi connectivity index (χ0n) is 16.6. The number of hydrogen-bond acceptors (Lipinski definition) is 8. The molecule has 2 fully saturated rings. The number of carbonyl (C=O) groups is 1. The molecule has 1 amide bonds. The summed E-state index contributed by atoms with van der Waals surface area (Å²) in [5.74, 6) is -0.512. The molecule has 0 spiro atoms. The maximum absolute atomic E-state index is 14.9. The maximum atomic E-state index is 14.9. The minimum atomic E-state index is -3.81. The minimum absolute atomic E-state index is 0.0558. The summed E-state index contributed by atoms with van der Waals surface area (Å²) in [5, 5.41) is -0.0558. The van der Waals surface area contributed by atoms with Gasteiger partial charge in [-0.3, -0.25) is 4.90 Å². The van der Waals surface area contributed by atoms with Crippen LogP contribution in [0.3, 0.4) is 0 Å². The number of cyclic esters (lactones) is 1. The number of nitrogens with one attached hydrogen (secondary N) is 1. The van der Waals surface area contributed by atoms with Crippen molar-refractivity contribution in [3.05, 3.63) is 48.4 Å². The van der Waals surface area contributed by atoms with E-state index in [2.05, 4.69) is 10.4 Å². The van der Waals surface area contributed by atoms with Crippen molar-refractivity contribution in [3.8, 4) is 0 Å². The molecule has 166 valence electrons. The molecular weight excluding hydrogens is 427 g/mol. The minimum Gasteiger partial charge on any atom is -0.443 e. The highest BCUT2D eigenvalue weighted by molar-refractivity contribution is 7.89. The molecule has 0 unspecified atom stereocenters. The Morgan fingerprint density at radius 1 is 1.23 bits per heavy atom. The van der Waals surface area contributed by atoms with Crippen molar-refractivity contribution in [2.75, 3.05) is 49.1 Å². The van der Waals surface area contributed by atoms with Crippen LogP contribution < -0.4 is 21.0 Å². The van der Waals surface area contributed by atoms with Crippen molar-refractivity contribution in [1.82, 2.24) is 14.8 Å². The number of pyridine rings is 1. The number of aromatic nitrogens is 1. The van der Waals surface area contributed by atoms with E-state index in [1.54, 1.807) is 29.2 Å². The Labute approximate surface area is 179 Å². The molecule has 4 rings (SSSR count). The van der Waals surface area contributed by atoms with Gasteiger partial charge >= 0.3 is 6.09 Å². The number of anilines is 2. The van der Waals surface area contributed by atoms with Gasteiger partial charge in [0.15, 0.2) is 5.03 Å². The number of carbonyl (C=O) groups excluding carboxylic acids is 1. The predicted molar refractivity (Wildman–Crippen MR) is 111 cm³/mol. The van der Waals surface area contributed by atoms with Gasteiger partial charge in [0, 0.05) is 38.9 Å². The number of nitrogens with zero attached hydrogens (tertiary/aromatic N) is 4. The molecule has 31 heavy (non-hydrogen) atoms. The first-order valence-corrected chi connectivity index (χ1v) is 11.2. The monoisotopic (exact) mass is 450 g/mol. The average molecular weight is 450 g/mol. The molecule has 1 aromatic heterocycles. The third-order valence-electron chi connectivity index (χ3n) is 5.16. The van der Waals surface area contributed by atoms with Crippen LogP contribution in [0, 0.1) is 5.82 Å². The average Bonchev–Trinajstić information content (AvgIpc) is 2.98. The van der Waals surface area contributed by atoms with E-state index in [0.29, 0.717) is 24.5 Å². The van der Waals surface area contributed by atoms with E-state index in [4.69, 9.17) is 10.5 Å². The largest absolute Gasteiger partial charge is 0.443 e. The fourth-order valence-corrected chi connectivity index (χ4v) is 4.80. The summed E-state index contributed by atoms with van der Waals surface area (Å²) in [6.07, 6.45) is 0.440. The van der Waals surface area contributed by atoms with E-state index >= 15 is 0 Å². The van der Waals surface area contributed by atoms with Crippen molar-refractivity contribution in [2.24, 2.45) is 5.73 Å². The van der Waals surface area contributed by atoms with Gasteiger partial charge in [-0.15, -0.1) is 4.41 Å². The molecule has 2 saturated heterocycles. The van der Waals surface area contributed by atoms with E-state index in [-0.39, 0.29) is 31.2 Å². The van der Waals surface area contributed by atoms with Gasteiger partial charge in [0.25, 0.3) is 10.0 Å². The molecule has 0 saturated carbocycles. The lowest BCUT2D eigenvalue weighted by Crippen LogP contribution is -2.43. The Morgan fingerprint density at radius 3 is 2.74 bits per heavy atom. The van der Waals surface area contributed by atoms with Gasteiger partial charge < -0.3 is 15.4 Å². The summed E-state index contributed by atoms with van der Waals surface area (Å²) in [5.41, 5.74) is 9.12. The van der Waals surface area contributed by atoms with E-state index in [1.807, 2.05) is 0 Å². The summed E-state index contributed by atoms with van der Waals surface area (Å²) in [6.45, 7) is 1.53. The third kappa shape index (κ3) is 4.32. The highest BCUT2D eigenvalue weighted by atomic mass is 32.2. The zero-order chi connectivity index (χ0) is 22.0. The topological polar surface area (TPSA) is 121 Å². The molecule has 2 aliphatic rings. The van der Waals surface area contributed by atoms with Crippen LogP contribution in [-0.4, -0.2) is 69.3 Å². The number of rotatable bonds is 5. The second-order valence-corrected chi connectivity index (χ2v) is 8.94. The van der Waals surface area contributed by atoms with Gasteiger partial charge in [-0.05, 0) is 30.3 Å². The molecule has 3 heterocycles. The predicted octanol–water partition coefficient (Wildman–Crippen LogP) is 0.520. The number of amides is 1. The Balaban J connectivity index is 1.48. The first-order chi connectivity index (χ1) is 14.9. The van der Waals surface area contributed by atoms with Crippen LogP contribution in [0.2, 0.25) is 0 Å². The Hall–Kier alpha value is -2.80. The molecule has 0 bridgehead atoms. The van der Waals surface area contributed by atoms with Crippen LogP contribution in [0.15, 0.2) is 47.6 Å². The van der Waals surface area contributed by atoms with E-state index < -0.39 is 28.0 Å². The number of ether oxygens (including phenoxy) is 1. The smallest absolute Gasteiger partial charge is 0.414 e. The SMILES string of the molecule is NC[C@H]1CN(c2ccc(N3CCNN(S(=O)(=O)c4ccccn4)CC3)c(F)c2)C(=O)O1. The number of hydrazine groups is 1. The van der Waals surface area contributed by atoms with Crippen LogP contribution in [0.25, 0.3) is 0 Å². The van der Waals surface area contributed by atoms with Crippen LogP contribution >= 0.6 is 0 Å². The second kappa shape index (κ2) is 8.75. The van der Waals surface area contributed by atoms with E-state index in [9.17, 15) is 17.6 Å². The van der Waals surface area contributed by atoms with Crippen LogP contribution in [0.4, 0.5) is 20.6 Å². The Morgan fingerprint density at radius 2 is 2.06 bits per heavy atom. The normalized spacial score (nSPS) is 20.6. The number of nitrogens with two attached hydrogens (primary N) is 1. The molecule has 12 heteroatoms. The van der Waals surface area contributed by atoms with Gasteiger partial charge in [-0.25, -0.2) is 28.0 Å². The first-order valence-electron chi connectivity index (χ1n) is 9.80. The summed E-state index contributed by atoms with van der Waals surface area (Å²) in [7, 11) is -3.81. The molecule has 1 aromatic carbocycles. The quantitative estimate of drug-likeness (QED) is 0.676. The number of hydrogen-bond donors (Lipinski definition) is 2. The summed E-state index contributed by atoms with van der Waals surface area (Å²) < 4.78 is 46.7. The summed E-state index contributed by atoms with van der Waals surface area (Å²) in [4.78, 5) is 19.0. The molecule has 0 aliphatic carbocycles. The Bertz CT molecular complexity index is 1050. The molecule has 0 radical (unpaired) electrons. The van der Waals surface area contributed by atoms with Crippen molar-refractivity contribution in [2.45, 2.75) is 11.1 Å². The summed E-state index contributed by atoms with van der Waals surface area (Å²) >= 11 is 0. The lowest BCUT2D eigenvalue weighted by atomic mass is 10.2. The first kappa shape index (κ1) is 21.4. The molecular formula is C19H23FN6O4S. The maximum Gasteiger partial charge on any atom is 0.414 e. The van der Waals surface area contributed by atoms with Crippen molar-refractivity contribution < 1.29 is 22.3 Å². The summed E-state index contributed by atoms with van der Waals surface area (Å²) in [6, 6.07) is 9.16. The fraction of sp³-hybridized carbons (Fsp3) is 0.368. The van der Waals surface area contributed by atoms with E-state index in [1.165, 1.54) is 23.2 Å². The van der Waals surface area contributed by atoms with Crippen LogP contribution in [0.1, 0.15) is 0 Å². The van der Waals surface area contributed by atoms with Crippen molar-refractivity contribution >= 4 is 27.5 Å². The van der Waals surface area contributed by atoms with Crippen LogP contribution in [0.5, 0.6) is 0 Å². The fourth-order valence-electron chi connectivity index (χ4n) is 3.55. The van der Waals surface area contributed by atoms with Gasteiger partial charge in [-0.1, -0.05) is 6.07 Å². The zero-order valence-corrected chi connectivity index (χ0v) is 17.5. The molecule has 3 N–H and O–H groups in total. The van der Waals surface area contributed by atoms with Crippen LogP contribution in [-0.2, 0) is 14.8 Å². The lowest BCUT2D eigenvalue weighted by Gasteiger charge is -2.24. The van der Waals surface area contributed by atoms with Crippen molar-refractivity contribution in [1.29, 1.82) is 0 Å². The van der Waals surface area contributed by atoms with Crippen molar-refractivity contribution in [3.63, 3.8) is 0 Å². The van der Waals surface area contributed by atoms with Gasteiger partial charge in [0.2, 0.25) is 0 Å². The van der Waals surface area contributed by atoms with E-state index in [0.717, 1.165) is 4.41 Å². The van der Waals surface area contributed by atoms with Gasteiger partial charge in [0.1, 0.15) is 11.9 Å². The molecule has 10 nitrogen and oxygen atoms in total. The molecule has 2 aliphatic heterocycles.